The van der Waals surface area contributed by atoms with Gasteiger partial charge in [0.15, 0.2) is 28.9 Å². The number of ether oxygens (including phenoxy) is 1. The van der Waals surface area contributed by atoms with Gasteiger partial charge in [-0.05, 0) is 38.8 Å². The topological polar surface area (TPSA) is 128 Å². The van der Waals surface area contributed by atoms with E-state index in [1.165, 1.54) is 0 Å². The zero-order chi connectivity index (χ0) is 28.6. The smallest absolute Gasteiger partial charge is 0.435 e. The highest BCUT2D eigenvalue weighted by Gasteiger charge is 2.43. The number of benzene rings is 1. The number of Topliss-reactive ketones (excluding diaryl/α,β-unsaturated/α-hetero) is 1. The van der Waals surface area contributed by atoms with Crippen molar-refractivity contribution in [3.05, 3.63) is 52.4 Å². The fourth-order valence-electron chi connectivity index (χ4n) is 4.06. The molecule has 2 aromatic rings. The molecule has 4 N–H and O–H groups in total. The molecule has 0 bridgehead atoms. The first kappa shape index (κ1) is 28.9. The summed E-state index contributed by atoms with van der Waals surface area (Å²) in [6.45, 7) is 4.09. The van der Waals surface area contributed by atoms with E-state index in [-0.39, 0.29) is 18.7 Å². The third-order valence-corrected chi connectivity index (χ3v) is 5.54. The van der Waals surface area contributed by atoms with Gasteiger partial charge in [-0.1, -0.05) is 0 Å². The first-order chi connectivity index (χ1) is 17.5. The van der Waals surface area contributed by atoms with E-state index in [9.17, 15) is 40.7 Å². The number of alkyl halides is 3. The molecule has 0 saturated carbocycles. The number of alkyl carbamates (subject to hydrolysis) is 1. The molecule has 2 atom stereocenters. The quantitative estimate of drug-likeness (QED) is 0.360. The van der Waals surface area contributed by atoms with Crippen LogP contribution in [0.15, 0.2) is 12.1 Å². The predicted molar refractivity (Wildman–Crippen MR) is 119 cm³/mol. The van der Waals surface area contributed by atoms with Crippen molar-refractivity contribution >= 4 is 17.8 Å². The number of nitrogens with one attached hydrogen (secondary N) is 2. The summed E-state index contributed by atoms with van der Waals surface area (Å²) in [6, 6.07) is -1.79. The molecular formula is C23H25F6N5O4. The number of ketones is 1. The van der Waals surface area contributed by atoms with Gasteiger partial charge in [-0.25, -0.2) is 22.9 Å². The predicted octanol–water partition coefficient (Wildman–Crippen LogP) is 3.16. The van der Waals surface area contributed by atoms with Crippen LogP contribution in [-0.2, 0) is 28.7 Å². The number of halogens is 6. The number of nitrogens with two attached hydrogens (primary N) is 1. The Labute approximate surface area is 212 Å². The fraction of sp³-hybridized carbons (Fsp3) is 0.478. The van der Waals surface area contributed by atoms with Crippen LogP contribution >= 0.6 is 0 Å². The number of rotatable bonds is 7. The molecule has 0 radical (unpaired) electrons. The Morgan fingerprint density at radius 1 is 1.16 bits per heavy atom. The Morgan fingerprint density at radius 3 is 2.37 bits per heavy atom. The van der Waals surface area contributed by atoms with E-state index >= 15 is 0 Å². The van der Waals surface area contributed by atoms with E-state index in [4.69, 9.17) is 10.5 Å². The zero-order valence-electron chi connectivity index (χ0n) is 20.5. The number of nitrogens with zero attached hydrogens (tertiary/aromatic N) is 2. The Hall–Kier alpha value is -3.62. The van der Waals surface area contributed by atoms with Crippen molar-refractivity contribution in [2.75, 3.05) is 6.54 Å². The highest BCUT2D eigenvalue weighted by molar-refractivity contribution is 5.91. The summed E-state index contributed by atoms with van der Waals surface area (Å²) in [4.78, 5) is 40.9. The molecule has 208 valence electrons. The number of carbonyl (C=O) groups excluding carboxylic acids is 3. The lowest BCUT2D eigenvalue weighted by molar-refractivity contribution is -0.142. The molecule has 2 heterocycles. The van der Waals surface area contributed by atoms with Gasteiger partial charge in [-0.3, -0.25) is 9.59 Å². The molecule has 0 aliphatic carbocycles. The molecule has 1 aliphatic heterocycles. The lowest BCUT2D eigenvalue weighted by Gasteiger charge is -2.29. The third-order valence-electron chi connectivity index (χ3n) is 5.54. The number of hydrogen-bond donors (Lipinski definition) is 3. The van der Waals surface area contributed by atoms with E-state index < -0.39 is 89.2 Å². The second-order valence-corrected chi connectivity index (χ2v) is 9.68. The number of imidazole rings is 1. The van der Waals surface area contributed by atoms with Gasteiger partial charge < -0.3 is 25.7 Å². The number of hydrogen-bond acceptors (Lipinski definition) is 6. The Morgan fingerprint density at radius 2 is 1.79 bits per heavy atom. The van der Waals surface area contributed by atoms with Gasteiger partial charge in [-0.15, -0.1) is 0 Å². The van der Waals surface area contributed by atoms with E-state index in [1.807, 2.05) is 0 Å². The maximum absolute atomic E-state index is 14.3. The van der Waals surface area contributed by atoms with E-state index in [1.54, 1.807) is 20.8 Å². The molecule has 0 fully saturated rings. The van der Waals surface area contributed by atoms with Gasteiger partial charge in [0.25, 0.3) is 5.91 Å². The summed E-state index contributed by atoms with van der Waals surface area (Å²) in [5.74, 6) is -6.82. The van der Waals surface area contributed by atoms with Gasteiger partial charge in [0.05, 0.1) is 5.69 Å². The van der Waals surface area contributed by atoms with Crippen molar-refractivity contribution in [1.82, 2.24) is 20.2 Å². The number of fused-ring (bicyclic) bond motifs is 1. The van der Waals surface area contributed by atoms with Crippen molar-refractivity contribution < 1.29 is 45.5 Å². The summed E-state index contributed by atoms with van der Waals surface area (Å²) < 4.78 is 88.0. The maximum Gasteiger partial charge on any atom is 0.435 e. The minimum Gasteiger partial charge on any atom is -0.444 e. The summed E-state index contributed by atoms with van der Waals surface area (Å²) in [7, 11) is 0. The van der Waals surface area contributed by atoms with Gasteiger partial charge in [0.1, 0.15) is 17.5 Å². The molecule has 15 heteroatoms. The Balaban J connectivity index is 1.95. The number of amides is 2. The molecule has 0 saturated heterocycles. The van der Waals surface area contributed by atoms with Gasteiger partial charge >= 0.3 is 12.3 Å². The van der Waals surface area contributed by atoms with Crippen LogP contribution in [0.3, 0.4) is 0 Å². The fourth-order valence-corrected chi connectivity index (χ4v) is 4.06. The van der Waals surface area contributed by atoms with Crippen molar-refractivity contribution in [2.24, 2.45) is 5.73 Å². The lowest BCUT2D eigenvalue weighted by Crippen LogP contribution is -2.45. The SMILES string of the molecule is CC(C)(C)OC(=O)NC(CC(=O)C1CNCc2c(C(F)(F)F)nc(C(N)=O)n21)Cc1cc(F)c(F)cc1F. The van der Waals surface area contributed by atoms with Crippen molar-refractivity contribution in [3.63, 3.8) is 0 Å². The minimum atomic E-state index is -4.94. The second kappa shape index (κ2) is 10.6. The standard InChI is InChI=1S/C23H25F6N5O4/c1-22(2,3)38-21(37)32-11(4-10-5-13(25)14(26)7-12(10)24)6-17(35)15-8-31-9-16-18(23(27,28)29)33-20(19(30)36)34(15)16/h5,7,11,15,31H,4,6,8-9H2,1-3H3,(H2,30,36)(H,32,37). The van der Waals surface area contributed by atoms with E-state index in [2.05, 4.69) is 15.6 Å². The molecule has 0 spiro atoms. The van der Waals surface area contributed by atoms with Crippen LogP contribution in [0.25, 0.3) is 0 Å². The largest absolute Gasteiger partial charge is 0.444 e. The van der Waals surface area contributed by atoms with Crippen molar-refractivity contribution in [1.29, 1.82) is 0 Å². The molecule has 9 nitrogen and oxygen atoms in total. The highest BCUT2D eigenvalue weighted by Crippen LogP contribution is 2.35. The van der Waals surface area contributed by atoms with Gasteiger partial charge in [-0.2, -0.15) is 13.2 Å². The van der Waals surface area contributed by atoms with Crippen molar-refractivity contribution in [3.8, 4) is 0 Å². The monoisotopic (exact) mass is 549 g/mol. The van der Waals surface area contributed by atoms with Crippen LogP contribution in [0.2, 0.25) is 0 Å². The van der Waals surface area contributed by atoms with Crippen LogP contribution < -0.4 is 16.4 Å². The molecule has 1 aliphatic rings. The lowest BCUT2D eigenvalue weighted by atomic mass is 9.96. The summed E-state index contributed by atoms with van der Waals surface area (Å²) in [6.07, 6.45) is -7.06. The molecule has 2 amide bonds. The first-order valence-corrected chi connectivity index (χ1v) is 11.3. The van der Waals surface area contributed by atoms with Crippen LogP contribution in [0, 0.1) is 17.5 Å². The van der Waals surface area contributed by atoms with E-state index in [0.29, 0.717) is 12.1 Å². The molecule has 1 aromatic carbocycles. The summed E-state index contributed by atoms with van der Waals surface area (Å²) >= 11 is 0. The number of primary amides is 1. The van der Waals surface area contributed by atoms with Crippen LogP contribution in [-0.4, -0.2) is 45.5 Å². The Kier molecular flexibility index (Phi) is 8.10. The minimum absolute atomic E-state index is 0.210. The normalized spacial score (nSPS) is 16.5. The van der Waals surface area contributed by atoms with Crippen LogP contribution in [0.5, 0.6) is 0 Å². The second-order valence-electron chi connectivity index (χ2n) is 9.68. The Bertz CT molecular complexity index is 1250. The first-order valence-electron chi connectivity index (χ1n) is 11.3. The van der Waals surface area contributed by atoms with E-state index in [0.717, 1.165) is 4.57 Å². The van der Waals surface area contributed by atoms with Crippen LogP contribution in [0.1, 0.15) is 60.8 Å². The number of aromatic nitrogens is 2. The average Bonchev–Trinajstić information content (AvgIpc) is 3.16. The molecule has 3 rings (SSSR count). The molecule has 1 aromatic heterocycles. The summed E-state index contributed by atoms with van der Waals surface area (Å²) in [5.41, 5.74) is 2.01. The summed E-state index contributed by atoms with van der Waals surface area (Å²) in [5, 5.41) is 5.02. The highest BCUT2D eigenvalue weighted by atomic mass is 19.4. The van der Waals surface area contributed by atoms with Gasteiger partial charge in [0, 0.05) is 31.6 Å². The maximum atomic E-state index is 14.3. The van der Waals surface area contributed by atoms with Crippen molar-refractivity contribution in [2.45, 2.75) is 64.0 Å². The number of carbonyl (C=O) groups is 3. The molecule has 38 heavy (non-hydrogen) atoms. The van der Waals surface area contributed by atoms with Crippen LogP contribution in [0.4, 0.5) is 31.1 Å². The average molecular weight is 549 g/mol. The molecular weight excluding hydrogens is 524 g/mol. The van der Waals surface area contributed by atoms with Gasteiger partial charge in [0.2, 0.25) is 0 Å². The third kappa shape index (κ3) is 6.62. The molecule has 2 unspecified atom stereocenters. The zero-order valence-corrected chi connectivity index (χ0v) is 20.5.